The predicted molar refractivity (Wildman–Crippen MR) is 73.6 cm³/mol. The van der Waals surface area contributed by atoms with Crippen molar-refractivity contribution in [1.82, 2.24) is 0 Å². The first-order valence-electron chi connectivity index (χ1n) is 5.56. The van der Waals surface area contributed by atoms with Crippen molar-refractivity contribution in [2.24, 2.45) is 0 Å². The average Bonchev–Trinajstić information content (AvgIpc) is 2.83. The lowest BCUT2D eigenvalue weighted by molar-refractivity contribution is -0.147. The van der Waals surface area contributed by atoms with E-state index in [4.69, 9.17) is 14.2 Å². The summed E-state index contributed by atoms with van der Waals surface area (Å²) in [6, 6.07) is 10.1. The van der Waals surface area contributed by atoms with Crippen LogP contribution in [0.25, 0.3) is 0 Å². The second-order valence-corrected chi connectivity index (χ2v) is 4.44. The number of hydrogen-bond donors (Lipinski definition) is 0. The quantitative estimate of drug-likeness (QED) is 0.766. The Morgan fingerprint density at radius 2 is 2.18 bits per heavy atom. The predicted octanol–water partition coefficient (Wildman–Crippen LogP) is 3.24. The summed E-state index contributed by atoms with van der Waals surface area (Å²) in [5.74, 6) is 0. The van der Waals surface area contributed by atoms with Gasteiger partial charge in [0.05, 0.1) is 6.61 Å². The number of rotatable bonds is 5. The lowest BCUT2D eigenvalue weighted by Crippen LogP contribution is -2.15. The largest absolute Gasteiger partial charge is 0.347 e. The molecule has 1 heterocycles. The van der Waals surface area contributed by atoms with Gasteiger partial charge in [0.15, 0.2) is 12.6 Å². The Hall–Kier alpha value is -0.430. The van der Waals surface area contributed by atoms with Crippen LogP contribution < -0.4 is 0 Å². The zero-order chi connectivity index (χ0) is 11.9. The average molecular weight is 346 g/mol. The van der Waals surface area contributed by atoms with E-state index in [-0.39, 0.29) is 12.6 Å². The number of halogens is 1. The van der Waals surface area contributed by atoms with Crippen molar-refractivity contribution in [3.8, 4) is 0 Å². The van der Waals surface area contributed by atoms with Gasteiger partial charge in [0, 0.05) is 6.42 Å². The molecule has 0 aromatic heterocycles. The molecule has 0 amide bonds. The van der Waals surface area contributed by atoms with Crippen LogP contribution in [0, 0.1) is 0 Å². The van der Waals surface area contributed by atoms with Crippen molar-refractivity contribution in [3.05, 3.63) is 46.1 Å². The SMILES string of the molecule is IC=CCC1OCC(OCc2ccccc2)O1. The van der Waals surface area contributed by atoms with Gasteiger partial charge < -0.3 is 14.2 Å². The zero-order valence-electron chi connectivity index (χ0n) is 9.42. The summed E-state index contributed by atoms with van der Waals surface area (Å²) in [7, 11) is 0. The van der Waals surface area contributed by atoms with E-state index >= 15 is 0 Å². The molecule has 17 heavy (non-hydrogen) atoms. The molecule has 1 aliphatic rings. The first-order valence-corrected chi connectivity index (χ1v) is 6.81. The van der Waals surface area contributed by atoms with Gasteiger partial charge in [-0.3, -0.25) is 0 Å². The van der Waals surface area contributed by atoms with Gasteiger partial charge in [-0.05, 0) is 9.65 Å². The highest BCUT2D eigenvalue weighted by Gasteiger charge is 2.25. The first kappa shape index (κ1) is 13.0. The zero-order valence-corrected chi connectivity index (χ0v) is 11.6. The van der Waals surface area contributed by atoms with E-state index < -0.39 is 0 Å². The van der Waals surface area contributed by atoms with Gasteiger partial charge in [-0.25, -0.2) is 0 Å². The van der Waals surface area contributed by atoms with Crippen LogP contribution in [0.4, 0.5) is 0 Å². The minimum atomic E-state index is -0.247. The molecule has 0 N–H and O–H groups in total. The smallest absolute Gasteiger partial charge is 0.184 e. The molecule has 4 heteroatoms. The molecule has 0 spiro atoms. The molecule has 0 bridgehead atoms. The topological polar surface area (TPSA) is 27.7 Å². The second-order valence-electron chi connectivity index (χ2n) is 3.72. The first-order chi connectivity index (χ1) is 8.38. The van der Waals surface area contributed by atoms with Crippen molar-refractivity contribution < 1.29 is 14.2 Å². The van der Waals surface area contributed by atoms with Gasteiger partial charge >= 0.3 is 0 Å². The molecular weight excluding hydrogens is 331 g/mol. The Kier molecular flexibility index (Phi) is 5.44. The minimum Gasteiger partial charge on any atom is -0.347 e. The minimum absolute atomic E-state index is 0.165. The van der Waals surface area contributed by atoms with Gasteiger partial charge in [-0.2, -0.15) is 0 Å². The van der Waals surface area contributed by atoms with Crippen molar-refractivity contribution in [2.75, 3.05) is 6.61 Å². The summed E-state index contributed by atoms with van der Waals surface area (Å²) in [5.41, 5.74) is 1.15. The lowest BCUT2D eigenvalue weighted by Gasteiger charge is -2.11. The monoisotopic (exact) mass is 346 g/mol. The van der Waals surface area contributed by atoms with Crippen molar-refractivity contribution in [3.63, 3.8) is 0 Å². The van der Waals surface area contributed by atoms with Crippen molar-refractivity contribution in [1.29, 1.82) is 0 Å². The third kappa shape index (κ3) is 4.39. The number of benzene rings is 1. The Bertz CT molecular complexity index is 353. The summed E-state index contributed by atoms with van der Waals surface area (Å²) >= 11 is 2.18. The van der Waals surface area contributed by atoms with Gasteiger partial charge in [0.2, 0.25) is 0 Å². The summed E-state index contributed by atoms with van der Waals surface area (Å²) in [4.78, 5) is 0. The molecule has 0 aliphatic carbocycles. The Morgan fingerprint density at radius 1 is 1.35 bits per heavy atom. The maximum Gasteiger partial charge on any atom is 0.184 e. The molecule has 1 aromatic rings. The molecule has 3 nitrogen and oxygen atoms in total. The third-order valence-corrected chi connectivity index (χ3v) is 2.93. The maximum atomic E-state index is 5.63. The molecular formula is C13H15IO3. The second kappa shape index (κ2) is 7.10. The van der Waals surface area contributed by atoms with E-state index in [1.54, 1.807) is 0 Å². The van der Waals surface area contributed by atoms with Crippen LogP contribution in [0.3, 0.4) is 0 Å². The summed E-state index contributed by atoms with van der Waals surface area (Å²) in [5, 5.41) is 0. The van der Waals surface area contributed by atoms with Gasteiger partial charge in [-0.15, -0.1) is 0 Å². The maximum absolute atomic E-state index is 5.63. The van der Waals surface area contributed by atoms with Gasteiger partial charge in [0.1, 0.15) is 6.61 Å². The van der Waals surface area contributed by atoms with Crippen LogP contribution in [-0.2, 0) is 20.8 Å². The van der Waals surface area contributed by atoms with E-state index in [1.807, 2.05) is 40.5 Å². The molecule has 0 radical (unpaired) electrons. The summed E-state index contributed by atoms with van der Waals surface area (Å²) in [6.07, 6.45) is 2.38. The standard InChI is InChI=1S/C13H15IO3/c14-8-4-7-12-16-10-13(17-12)15-9-11-5-2-1-3-6-11/h1-6,8,12-13H,7,9-10H2. The van der Waals surface area contributed by atoms with Crippen molar-refractivity contribution >= 4 is 22.6 Å². The molecule has 0 saturated carbocycles. The van der Waals surface area contributed by atoms with Crippen molar-refractivity contribution in [2.45, 2.75) is 25.6 Å². The molecule has 2 unspecified atom stereocenters. The summed E-state index contributed by atoms with van der Waals surface area (Å²) < 4.78 is 18.6. The number of ether oxygens (including phenoxy) is 3. The van der Waals surface area contributed by atoms with Crippen LogP contribution in [0.15, 0.2) is 40.5 Å². The highest BCUT2D eigenvalue weighted by molar-refractivity contribution is 14.1. The third-order valence-electron chi connectivity index (χ3n) is 2.42. The highest BCUT2D eigenvalue weighted by atomic mass is 127. The summed E-state index contributed by atoms with van der Waals surface area (Å²) in [6.45, 7) is 1.07. The number of hydrogen-bond acceptors (Lipinski definition) is 3. The normalized spacial score (nSPS) is 24.5. The molecule has 1 aliphatic heterocycles. The van der Waals surface area contributed by atoms with Gasteiger partial charge in [0.25, 0.3) is 0 Å². The molecule has 2 rings (SSSR count). The fourth-order valence-electron chi connectivity index (χ4n) is 1.57. The molecule has 1 fully saturated rings. The van der Waals surface area contributed by atoms with Crippen LogP contribution >= 0.6 is 22.6 Å². The van der Waals surface area contributed by atoms with Crippen LogP contribution in [0.1, 0.15) is 12.0 Å². The molecule has 1 saturated heterocycles. The van der Waals surface area contributed by atoms with E-state index in [2.05, 4.69) is 22.6 Å². The van der Waals surface area contributed by atoms with E-state index in [1.165, 1.54) is 0 Å². The molecule has 2 atom stereocenters. The van der Waals surface area contributed by atoms with E-state index in [0.29, 0.717) is 13.2 Å². The Balaban J connectivity index is 1.71. The Morgan fingerprint density at radius 3 is 2.94 bits per heavy atom. The van der Waals surface area contributed by atoms with Crippen LogP contribution in [0.5, 0.6) is 0 Å². The van der Waals surface area contributed by atoms with Gasteiger partial charge in [-0.1, -0.05) is 59.0 Å². The Labute approximate surface area is 115 Å². The fraction of sp³-hybridized carbons (Fsp3) is 0.385. The highest BCUT2D eigenvalue weighted by Crippen LogP contribution is 2.17. The van der Waals surface area contributed by atoms with Crippen LogP contribution in [-0.4, -0.2) is 19.2 Å². The lowest BCUT2D eigenvalue weighted by atomic mass is 10.2. The molecule has 92 valence electrons. The van der Waals surface area contributed by atoms with E-state index in [9.17, 15) is 0 Å². The molecule has 1 aromatic carbocycles. The fourth-order valence-corrected chi connectivity index (χ4v) is 1.86. The van der Waals surface area contributed by atoms with Crippen LogP contribution in [0.2, 0.25) is 0 Å². The van der Waals surface area contributed by atoms with E-state index in [0.717, 1.165) is 12.0 Å².